The number of likely N-dealkylation sites (tertiary alicyclic amines) is 1. The molecule has 0 spiro atoms. The third-order valence-corrected chi connectivity index (χ3v) is 4.93. The van der Waals surface area contributed by atoms with Gasteiger partial charge in [0.15, 0.2) is 6.29 Å². The second-order valence-electron chi connectivity index (χ2n) is 6.42. The van der Waals surface area contributed by atoms with E-state index in [4.69, 9.17) is 9.47 Å². The summed E-state index contributed by atoms with van der Waals surface area (Å²) in [6, 6.07) is 5.69. The van der Waals surface area contributed by atoms with Crippen LogP contribution in [0.1, 0.15) is 24.5 Å². The summed E-state index contributed by atoms with van der Waals surface area (Å²) < 4.78 is 13.0. The molecule has 0 N–H and O–H groups in total. The van der Waals surface area contributed by atoms with Crippen LogP contribution in [0.4, 0.5) is 0 Å². The molecule has 3 aliphatic rings. The van der Waals surface area contributed by atoms with E-state index in [0.717, 1.165) is 45.8 Å². The van der Waals surface area contributed by atoms with E-state index in [2.05, 4.69) is 11.0 Å². The van der Waals surface area contributed by atoms with Crippen molar-refractivity contribution >= 4 is 0 Å². The molecular weight excluding hydrogens is 268 g/mol. The third-order valence-electron chi connectivity index (χ3n) is 4.93. The highest BCUT2D eigenvalue weighted by Crippen LogP contribution is 2.34. The predicted molar refractivity (Wildman–Crippen MR) is 78.3 cm³/mol. The lowest BCUT2D eigenvalue weighted by Gasteiger charge is -2.43. The number of hydrogen-bond donors (Lipinski definition) is 0. The van der Waals surface area contributed by atoms with Gasteiger partial charge in [0.1, 0.15) is 0 Å². The quantitative estimate of drug-likeness (QED) is 0.834. The van der Waals surface area contributed by atoms with Gasteiger partial charge in [0.2, 0.25) is 0 Å². The molecule has 3 aliphatic heterocycles. The maximum absolute atomic E-state index is 12.0. The van der Waals surface area contributed by atoms with Gasteiger partial charge in [0.05, 0.1) is 13.2 Å². The average Bonchev–Trinajstić information content (AvgIpc) is 3.00. The highest BCUT2D eigenvalue weighted by molar-refractivity contribution is 5.16. The molecule has 2 saturated heterocycles. The summed E-state index contributed by atoms with van der Waals surface area (Å²) in [5.74, 6) is 1.10. The van der Waals surface area contributed by atoms with Crippen molar-refractivity contribution in [1.29, 1.82) is 0 Å². The van der Waals surface area contributed by atoms with Crippen molar-refractivity contribution in [2.45, 2.75) is 31.6 Å². The van der Waals surface area contributed by atoms with Gasteiger partial charge in [0.25, 0.3) is 5.56 Å². The van der Waals surface area contributed by atoms with Crippen LogP contribution in [-0.2, 0) is 16.0 Å². The van der Waals surface area contributed by atoms with Crippen LogP contribution in [0.2, 0.25) is 0 Å². The fraction of sp³-hybridized carbons (Fsp3) is 0.688. The van der Waals surface area contributed by atoms with Crippen LogP contribution in [0.15, 0.2) is 23.0 Å². The van der Waals surface area contributed by atoms with Gasteiger partial charge in [-0.2, -0.15) is 0 Å². The van der Waals surface area contributed by atoms with Crippen molar-refractivity contribution < 1.29 is 9.47 Å². The summed E-state index contributed by atoms with van der Waals surface area (Å²) in [7, 11) is 0. The normalized spacial score (nSPS) is 29.5. The fourth-order valence-corrected chi connectivity index (χ4v) is 4.04. The average molecular weight is 290 g/mol. The Morgan fingerprint density at radius 3 is 2.86 bits per heavy atom. The van der Waals surface area contributed by atoms with E-state index in [1.54, 1.807) is 6.07 Å². The Hall–Kier alpha value is -1.17. The summed E-state index contributed by atoms with van der Waals surface area (Å²) in [5, 5.41) is 0. The largest absolute Gasteiger partial charge is 0.350 e. The van der Waals surface area contributed by atoms with Crippen LogP contribution in [0.25, 0.3) is 0 Å². The number of rotatable bonds is 3. The zero-order chi connectivity index (χ0) is 14.2. The van der Waals surface area contributed by atoms with E-state index >= 15 is 0 Å². The number of pyridine rings is 1. The van der Waals surface area contributed by atoms with Crippen molar-refractivity contribution in [1.82, 2.24) is 9.47 Å². The fourth-order valence-electron chi connectivity index (χ4n) is 4.04. The number of nitrogens with zero attached hydrogens (tertiary/aromatic N) is 2. The lowest BCUT2D eigenvalue weighted by molar-refractivity contribution is -0.0542. The maximum Gasteiger partial charge on any atom is 0.250 e. The number of ether oxygens (including phenoxy) is 2. The molecule has 4 rings (SSSR count). The topological polar surface area (TPSA) is 43.7 Å². The maximum atomic E-state index is 12.0. The van der Waals surface area contributed by atoms with Crippen LogP contribution in [0.3, 0.4) is 0 Å². The molecule has 114 valence electrons. The standard InChI is InChI=1S/C16H22N2O3/c19-15-3-1-2-14-13-8-12(10-18(14)15)9-17(11-13)5-4-16-20-6-7-21-16/h1-3,12-13,16H,4-11H2. The van der Waals surface area contributed by atoms with E-state index in [0.29, 0.717) is 11.8 Å². The first-order valence-electron chi connectivity index (χ1n) is 7.95. The molecule has 0 amide bonds. The van der Waals surface area contributed by atoms with Crippen LogP contribution in [-0.4, -0.2) is 48.6 Å². The lowest BCUT2D eigenvalue weighted by Crippen LogP contribution is -2.47. The van der Waals surface area contributed by atoms with E-state index < -0.39 is 0 Å². The molecule has 2 atom stereocenters. The minimum Gasteiger partial charge on any atom is -0.350 e. The molecule has 5 heteroatoms. The predicted octanol–water partition coefficient (Wildman–Crippen LogP) is 1.03. The summed E-state index contributed by atoms with van der Waals surface area (Å²) in [6.45, 7) is 5.49. The summed E-state index contributed by atoms with van der Waals surface area (Å²) in [4.78, 5) is 14.5. The smallest absolute Gasteiger partial charge is 0.250 e. The molecule has 21 heavy (non-hydrogen) atoms. The summed E-state index contributed by atoms with van der Waals surface area (Å²) in [6.07, 6.45) is 2.15. The minimum atomic E-state index is -0.0123. The van der Waals surface area contributed by atoms with Crippen molar-refractivity contribution in [3.05, 3.63) is 34.2 Å². The van der Waals surface area contributed by atoms with Gasteiger partial charge >= 0.3 is 0 Å². The van der Waals surface area contributed by atoms with E-state index in [9.17, 15) is 4.79 Å². The van der Waals surface area contributed by atoms with Gasteiger partial charge in [-0.25, -0.2) is 0 Å². The molecule has 0 radical (unpaired) electrons. The molecule has 0 saturated carbocycles. The second kappa shape index (κ2) is 5.55. The Balaban J connectivity index is 1.45. The number of hydrogen-bond acceptors (Lipinski definition) is 4. The Morgan fingerprint density at radius 1 is 1.14 bits per heavy atom. The Bertz CT molecular complexity index is 565. The van der Waals surface area contributed by atoms with Gasteiger partial charge in [-0.05, 0) is 18.4 Å². The lowest BCUT2D eigenvalue weighted by atomic mass is 9.83. The molecular formula is C16H22N2O3. The monoisotopic (exact) mass is 290 g/mol. The van der Waals surface area contributed by atoms with Gasteiger partial charge < -0.3 is 18.9 Å². The second-order valence-corrected chi connectivity index (χ2v) is 6.42. The molecule has 0 aromatic carbocycles. The van der Waals surface area contributed by atoms with Gasteiger partial charge in [-0.1, -0.05) is 6.07 Å². The zero-order valence-corrected chi connectivity index (χ0v) is 12.2. The Morgan fingerprint density at radius 2 is 2.00 bits per heavy atom. The Kier molecular flexibility index (Phi) is 3.57. The first-order chi connectivity index (χ1) is 10.3. The van der Waals surface area contributed by atoms with Crippen molar-refractivity contribution in [3.63, 3.8) is 0 Å². The van der Waals surface area contributed by atoms with Gasteiger partial charge in [-0.3, -0.25) is 4.79 Å². The molecule has 2 fully saturated rings. The summed E-state index contributed by atoms with van der Waals surface area (Å²) in [5.41, 5.74) is 1.38. The van der Waals surface area contributed by atoms with Gasteiger partial charge in [0, 0.05) is 50.3 Å². The van der Waals surface area contributed by atoms with Crippen LogP contribution in [0.5, 0.6) is 0 Å². The number of aromatic nitrogens is 1. The van der Waals surface area contributed by atoms with E-state index in [1.807, 2.05) is 10.6 Å². The Labute approximate surface area is 124 Å². The molecule has 2 bridgehead atoms. The molecule has 1 aromatic heterocycles. The minimum absolute atomic E-state index is 0.0123. The molecule has 0 aliphatic carbocycles. The molecule has 2 unspecified atom stereocenters. The third kappa shape index (κ3) is 2.65. The molecule has 1 aromatic rings. The van der Waals surface area contributed by atoms with Crippen LogP contribution >= 0.6 is 0 Å². The van der Waals surface area contributed by atoms with Crippen molar-refractivity contribution in [3.8, 4) is 0 Å². The van der Waals surface area contributed by atoms with Crippen molar-refractivity contribution in [2.24, 2.45) is 5.92 Å². The highest BCUT2D eigenvalue weighted by atomic mass is 16.7. The number of piperidine rings is 1. The first kappa shape index (κ1) is 13.5. The first-order valence-corrected chi connectivity index (χ1v) is 7.95. The number of fused-ring (bicyclic) bond motifs is 4. The van der Waals surface area contributed by atoms with Crippen LogP contribution in [0, 0.1) is 5.92 Å². The highest BCUT2D eigenvalue weighted by Gasteiger charge is 2.34. The van der Waals surface area contributed by atoms with Crippen LogP contribution < -0.4 is 5.56 Å². The SMILES string of the molecule is O=c1cccc2n1CC1CC2CN(CCC2OCCO2)C1. The molecule has 5 nitrogen and oxygen atoms in total. The van der Waals surface area contributed by atoms with E-state index in [-0.39, 0.29) is 11.8 Å². The van der Waals surface area contributed by atoms with Gasteiger partial charge in [-0.15, -0.1) is 0 Å². The molecule has 4 heterocycles. The zero-order valence-electron chi connectivity index (χ0n) is 12.2. The summed E-state index contributed by atoms with van der Waals surface area (Å²) >= 11 is 0. The van der Waals surface area contributed by atoms with E-state index in [1.165, 1.54) is 12.1 Å². The van der Waals surface area contributed by atoms with Crippen molar-refractivity contribution in [2.75, 3.05) is 32.8 Å².